The van der Waals surface area contributed by atoms with E-state index < -0.39 is 0 Å². The third-order valence-electron chi connectivity index (χ3n) is 3.22. The predicted molar refractivity (Wildman–Crippen MR) is 65.6 cm³/mol. The van der Waals surface area contributed by atoms with Crippen molar-refractivity contribution in [1.82, 2.24) is 24.4 Å². The zero-order valence-electron chi connectivity index (χ0n) is 10.0. The van der Waals surface area contributed by atoms with Crippen molar-refractivity contribution >= 4 is 5.91 Å². The number of rotatable bonds is 3. The van der Waals surface area contributed by atoms with Crippen LogP contribution < -0.4 is 0 Å². The molecule has 0 unspecified atom stereocenters. The highest BCUT2D eigenvalue weighted by Gasteiger charge is 2.19. The third kappa shape index (κ3) is 2.01. The summed E-state index contributed by atoms with van der Waals surface area (Å²) in [5.41, 5.74) is 0.828. The third-order valence-corrected chi connectivity index (χ3v) is 3.22. The van der Waals surface area contributed by atoms with Crippen molar-refractivity contribution in [2.24, 2.45) is 0 Å². The summed E-state index contributed by atoms with van der Waals surface area (Å²) in [7, 11) is 0. The summed E-state index contributed by atoms with van der Waals surface area (Å²) in [4.78, 5) is 25.2. The molecule has 1 amide bonds. The van der Waals surface area contributed by atoms with Crippen molar-refractivity contribution in [1.29, 1.82) is 0 Å². The standard InChI is InChI=1S/C12H15N5O/c18-11(16-4-1-2-5-16)8-17-6-3-14-12(17)10-7-13-9-15-10/h3,6-7,9H,1-2,4-5,8H2,(H,13,15). The molecule has 1 aliphatic heterocycles. The van der Waals surface area contributed by atoms with E-state index in [1.54, 1.807) is 18.7 Å². The lowest BCUT2D eigenvalue weighted by Crippen LogP contribution is -2.31. The Morgan fingerprint density at radius 1 is 1.39 bits per heavy atom. The molecule has 0 saturated carbocycles. The number of likely N-dealkylation sites (tertiary alicyclic amines) is 1. The topological polar surface area (TPSA) is 66.8 Å². The number of amides is 1. The van der Waals surface area contributed by atoms with Crippen LogP contribution in [0.2, 0.25) is 0 Å². The molecule has 3 rings (SSSR count). The van der Waals surface area contributed by atoms with Gasteiger partial charge >= 0.3 is 0 Å². The summed E-state index contributed by atoms with van der Waals surface area (Å²) in [5.74, 6) is 0.909. The van der Waals surface area contributed by atoms with Crippen molar-refractivity contribution in [3.8, 4) is 11.5 Å². The minimum Gasteiger partial charge on any atom is -0.342 e. The normalized spacial score (nSPS) is 15.2. The molecule has 2 aromatic heterocycles. The molecule has 0 spiro atoms. The maximum atomic E-state index is 12.1. The Morgan fingerprint density at radius 2 is 2.22 bits per heavy atom. The Kier molecular flexibility index (Phi) is 2.84. The molecule has 1 saturated heterocycles. The minimum atomic E-state index is 0.159. The molecule has 2 aromatic rings. The summed E-state index contributed by atoms with van der Waals surface area (Å²) in [5, 5.41) is 0. The maximum absolute atomic E-state index is 12.1. The van der Waals surface area contributed by atoms with Gasteiger partial charge in [-0.2, -0.15) is 0 Å². The molecule has 18 heavy (non-hydrogen) atoms. The molecule has 1 N–H and O–H groups in total. The Balaban J connectivity index is 1.77. The number of aromatic amines is 1. The first kappa shape index (κ1) is 11.0. The van der Waals surface area contributed by atoms with Crippen LogP contribution in [0.15, 0.2) is 24.9 Å². The second kappa shape index (κ2) is 4.64. The Morgan fingerprint density at radius 3 is 2.94 bits per heavy atom. The van der Waals surface area contributed by atoms with E-state index in [-0.39, 0.29) is 5.91 Å². The maximum Gasteiger partial charge on any atom is 0.242 e. The van der Waals surface area contributed by atoms with Crippen molar-refractivity contribution in [2.45, 2.75) is 19.4 Å². The Bertz CT molecular complexity index is 524. The average Bonchev–Trinajstić information content (AvgIpc) is 3.11. The number of hydrogen-bond donors (Lipinski definition) is 1. The highest BCUT2D eigenvalue weighted by atomic mass is 16.2. The SMILES string of the molecule is O=C(Cn1ccnc1-c1cnc[nH]1)N1CCCC1. The fourth-order valence-corrected chi connectivity index (χ4v) is 2.27. The molecular weight excluding hydrogens is 230 g/mol. The van der Waals surface area contributed by atoms with Crippen molar-refractivity contribution < 1.29 is 4.79 Å². The van der Waals surface area contributed by atoms with Crippen LogP contribution in [0.3, 0.4) is 0 Å². The van der Waals surface area contributed by atoms with E-state index in [9.17, 15) is 4.79 Å². The van der Waals surface area contributed by atoms with Crippen LogP contribution in [0.5, 0.6) is 0 Å². The van der Waals surface area contributed by atoms with Gasteiger partial charge in [0.15, 0.2) is 5.82 Å². The van der Waals surface area contributed by atoms with Gasteiger partial charge in [0.1, 0.15) is 12.2 Å². The second-order valence-corrected chi connectivity index (χ2v) is 4.43. The number of imidazole rings is 2. The van der Waals surface area contributed by atoms with Gasteiger partial charge in [0.25, 0.3) is 0 Å². The molecule has 0 bridgehead atoms. The quantitative estimate of drug-likeness (QED) is 0.873. The van der Waals surface area contributed by atoms with Gasteiger partial charge in [-0.05, 0) is 12.8 Å². The highest BCUT2D eigenvalue weighted by Crippen LogP contribution is 2.15. The number of aromatic nitrogens is 4. The number of carbonyl (C=O) groups excluding carboxylic acids is 1. The Labute approximate surface area is 105 Å². The number of carbonyl (C=O) groups is 1. The van der Waals surface area contributed by atoms with Gasteiger partial charge in [0.2, 0.25) is 5.91 Å². The predicted octanol–water partition coefficient (Wildman–Crippen LogP) is 0.896. The first-order valence-electron chi connectivity index (χ1n) is 6.12. The van der Waals surface area contributed by atoms with Gasteiger partial charge < -0.3 is 14.5 Å². The van der Waals surface area contributed by atoms with Gasteiger partial charge in [-0.1, -0.05) is 0 Å². The van der Waals surface area contributed by atoms with E-state index in [4.69, 9.17) is 0 Å². The molecule has 0 aliphatic carbocycles. The van der Waals surface area contributed by atoms with Crippen LogP contribution in [-0.2, 0) is 11.3 Å². The molecular formula is C12H15N5O. The fourth-order valence-electron chi connectivity index (χ4n) is 2.27. The fraction of sp³-hybridized carbons (Fsp3) is 0.417. The summed E-state index contributed by atoms with van der Waals surface area (Å²) in [6, 6.07) is 0. The number of hydrogen-bond acceptors (Lipinski definition) is 3. The van der Waals surface area contributed by atoms with E-state index in [0.717, 1.165) is 37.4 Å². The zero-order valence-corrected chi connectivity index (χ0v) is 10.0. The number of nitrogens with zero attached hydrogens (tertiary/aromatic N) is 4. The lowest BCUT2D eigenvalue weighted by Gasteiger charge is -2.16. The second-order valence-electron chi connectivity index (χ2n) is 4.43. The lowest BCUT2D eigenvalue weighted by molar-refractivity contribution is -0.130. The molecule has 1 aliphatic rings. The monoisotopic (exact) mass is 245 g/mol. The zero-order chi connectivity index (χ0) is 12.4. The van der Waals surface area contributed by atoms with Gasteiger partial charge in [-0.3, -0.25) is 4.79 Å². The molecule has 3 heterocycles. The lowest BCUT2D eigenvalue weighted by atomic mass is 10.4. The van der Waals surface area contributed by atoms with E-state index in [0.29, 0.717) is 6.54 Å². The van der Waals surface area contributed by atoms with Crippen LogP contribution >= 0.6 is 0 Å². The van der Waals surface area contributed by atoms with E-state index in [1.807, 2.05) is 15.7 Å². The van der Waals surface area contributed by atoms with Gasteiger partial charge in [-0.25, -0.2) is 9.97 Å². The molecule has 0 aromatic carbocycles. The van der Waals surface area contributed by atoms with Gasteiger partial charge in [0.05, 0.1) is 12.5 Å². The largest absolute Gasteiger partial charge is 0.342 e. The van der Waals surface area contributed by atoms with Crippen LogP contribution in [0.25, 0.3) is 11.5 Å². The first-order chi connectivity index (χ1) is 8.84. The van der Waals surface area contributed by atoms with Crippen molar-refractivity contribution in [3.63, 3.8) is 0 Å². The molecule has 0 radical (unpaired) electrons. The molecule has 1 fully saturated rings. The number of H-pyrrole nitrogens is 1. The molecule has 6 nitrogen and oxygen atoms in total. The smallest absolute Gasteiger partial charge is 0.242 e. The minimum absolute atomic E-state index is 0.159. The van der Waals surface area contributed by atoms with E-state index >= 15 is 0 Å². The van der Waals surface area contributed by atoms with Crippen molar-refractivity contribution in [2.75, 3.05) is 13.1 Å². The van der Waals surface area contributed by atoms with E-state index in [1.165, 1.54) is 0 Å². The van der Waals surface area contributed by atoms with Crippen LogP contribution in [0.1, 0.15) is 12.8 Å². The molecule has 0 atom stereocenters. The van der Waals surface area contributed by atoms with E-state index in [2.05, 4.69) is 15.0 Å². The van der Waals surface area contributed by atoms with Crippen LogP contribution in [-0.4, -0.2) is 43.4 Å². The summed E-state index contributed by atoms with van der Waals surface area (Å²) < 4.78 is 1.86. The number of nitrogens with one attached hydrogen (secondary N) is 1. The molecule has 6 heteroatoms. The molecule has 94 valence electrons. The highest BCUT2D eigenvalue weighted by molar-refractivity contribution is 5.76. The first-order valence-corrected chi connectivity index (χ1v) is 6.12. The summed E-state index contributed by atoms with van der Waals surface area (Å²) in [6.07, 6.45) is 9.07. The summed E-state index contributed by atoms with van der Waals surface area (Å²) in [6.45, 7) is 2.11. The van der Waals surface area contributed by atoms with Crippen molar-refractivity contribution in [3.05, 3.63) is 24.9 Å². The Hall–Kier alpha value is -2.11. The van der Waals surface area contributed by atoms with Crippen LogP contribution in [0, 0.1) is 0 Å². The van der Waals surface area contributed by atoms with Crippen LogP contribution in [0.4, 0.5) is 0 Å². The van der Waals surface area contributed by atoms with Gasteiger partial charge in [-0.15, -0.1) is 0 Å². The van der Waals surface area contributed by atoms with Gasteiger partial charge in [0, 0.05) is 25.5 Å². The average molecular weight is 245 g/mol. The summed E-state index contributed by atoms with van der Waals surface area (Å²) >= 11 is 0.